The highest BCUT2D eigenvalue weighted by molar-refractivity contribution is 5.02. The van der Waals surface area contributed by atoms with E-state index in [0.29, 0.717) is 12.8 Å². The number of nitrogens with one attached hydrogen (secondary N) is 2. The summed E-state index contributed by atoms with van der Waals surface area (Å²) < 4.78 is 23.7. The maximum absolute atomic E-state index is 11.1. The van der Waals surface area contributed by atoms with Gasteiger partial charge in [0.1, 0.15) is 30.0 Å². The average Bonchev–Trinajstić information content (AvgIpc) is 2.76. The van der Waals surface area contributed by atoms with Gasteiger partial charge in [-0.05, 0) is 47.2 Å². The minimum absolute atomic E-state index is 0.0620. The van der Waals surface area contributed by atoms with E-state index < -0.39 is 60.7 Å². The number of aliphatic hydroxyl groups excluding tert-OH is 2. The van der Waals surface area contributed by atoms with Gasteiger partial charge in [0.05, 0.1) is 24.8 Å². The summed E-state index contributed by atoms with van der Waals surface area (Å²) in [5, 5.41) is 38.3. The van der Waals surface area contributed by atoms with E-state index in [4.69, 9.17) is 36.1 Å². The highest BCUT2D eigenvalue weighted by Gasteiger charge is 2.50. The van der Waals surface area contributed by atoms with Gasteiger partial charge in [0.25, 0.3) is 0 Å². The Morgan fingerprint density at radius 1 is 0.970 bits per heavy atom. The third-order valence-corrected chi connectivity index (χ3v) is 7.24. The van der Waals surface area contributed by atoms with E-state index in [1.807, 2.05) is 14.0 Å². The van der Waals surface area contributed by atoms with Gasteiger partial charge in [-0.2, -0.15) is 0 Å². The fourth-order valence-electron chi connectivity index (χ4n) is 5.04. The molecule has 2 aliphatic heterocycles. The van der Waals surface area contributed by atoms with Gasteiger partial charge < -0.3 is 62.1 Å². The molecule has 3 rings (SSSR count). The van der Waals surface area contributed by atoms with Crippen LogP contribution in [-0.2, 0) is 18.9 Å². The number of ether oxygens (including phenoxy) is 4. The molecule has 13 atom stereocenters. The largest absolute Gasteiger partial charge is 0.388 e. The van der Waals surface area contributed by atoms with Gasteiger partial charge in [-0.15, -0.1) is 0 Å². The third kappa shape index (κ3) is 5.85. The van der Waals surface area contributed by atoms with Crippen molar-refractivity contribution < 1.29 is 34.3 Å². The first-order chi connectivity index (χ1) is 15.5. The smallest absolute Gasteiger partial charge is 0.185 e. The van der Waals surface area contributed by atoms with Crippen LogP contribution in [0.3, 0.4) is 0 Å². The molecule has 0 spiro atoms. The monoisotopic (exact) mass is 477 g/mol. The lowest BCUT2D eigenvalue weighted by Crippen LogP contribution is -2.68. The molecule has 12 nitrogen and oxygen atoms in total. The molecule has 1 aliphatic carbocycles. The normalized spacial score (nSPS) is 50.2. The first-order valence-electron chi connectivity index (χ1n) is 11.8. The lowest BCUT2D eigenvalue weighted by Gasteiger charge is -2.48. The molecule has 0 amide bonds. The molecule has 2 saturated heterocycles. The van der Waals surface area contributed by atoms with E-state index in [0.717, 1.165) is 6.42 Å². The van der Waals surface area contributed by atoms with Crippen LogP contribution in [-0.4, -0.2) is 115 Å². The minimum atomic E-state index is -1.29. The molecule has 12 heteroatoms. The summed E-state index contributed by atoms with van der Waals surface area (Å²) >= 11 is 0. The molecule has 3 aliphatic rings. The average molecular weight is 478 g/mol. The Morgan fingerprint density at radius 3 is 2.15 bits per heavy atom. The van der Waals surface area contributed by atoms with Gasteiger partial charge in [0.15, 0.2) is 12.6 Å². The number of rotatable bonds is 7. The van der Waals surface area contributed by atoms with Crippen LogP contribution in [0.25, 0.3) is 0 Å². The Labute approximate surface area is 195 Å². The van der Waals surface area contributed by atoms with E-state index in [1.54, 1.807) is 14.0 Å². The van der Waals surface area contributed by atoms with Crippen molar-refractivity contribution in [2.45, 2.75) is 112 Å². The van der Waals surface area contributed by atoms with Crippen molar-refractivity contribution in [3.05, 3.63) is 0 Å². The van der Waals surface area contributed by atoms with Crippen molar-refractivity contribution in [1.82, 2.24) is 10.6 Å². The van der Waals surface area contributed by atoms with Crippen LogP contribution in [0.4, 0.5) is 0 Å². The van der Waals surface area contributed by atoms with Crippen LogP contribution in [0, 0.1) is 0 Å². The van der Waals surface area contributed by atoms with Crippen LogP contribution < -0.4 is 27.8 Å². The summed E-state index contributed by atoms with van der Waals surface area (Å²) in [4.78, 5) is 0. The molecule has 0 aromatic carbocycles. The van der Waals surface area contributed by atoms with Gasteiger partial charge in [-0.3, -0.25) is 0 Å². The summed E-state index contributed by atoms with van der Waals surface area (Å²) in [6.07, 6.45) is -4.22. The van der Waals surface area contributed by atoms with Gasteiger partial charge in [-0.1, -0.05) is 0 Å². The Hall–Kier alpha value is -0.480. The predicted octanol–water partition coefficient (Wildman–Crippen LogP) is -3.33. The molecule has 2 heterocycles. The lowest BCUT2D eigenvalue weighted by atomic mass is 9.84. The first kappa shape index (κ1) is 27.1. The van der Waals surface area contributed by atoms with Crippen LogP contribution in [0.5, 0.6) is 0 Å². The molecular formula is C21H43N5O7. The number of hydrogen-bond acceptors (Lipinski definition) is 12. The maximum atomic E-state index is 11.1. The second-order valence-electron chi connectivity index (χ2n) is 9.91. The van der Waals surface area contributed by atoms with Crippen LogP contribution in [0.15, 0.2) is 0 Å². The second-order valence-corrected chi connectivity index (χ2v) is 9.91. The third-order valence-electron chi connectivity index (χ3n) is 7.24. The highest BCUT2D eigenvalue weighted by Crippen LogP contribution is 2.31. The van der Waals surface area contributed by atoms with E-state index >= 15 is 0 Å². The van der Waals surface area contributed by atoms with Crippen molar-refractivity contribution in [3.8, 4) is 0 Å². The molecule has 0 aromatic rings. The van der Waals surface area contributed by atoms with Gasteiger partial charge in [-0.25, -0.2) is 0 Å². The zero-order valence-electron chi connectivity index (χ0n) is 20.0. The molecule has 11 N–H and O–H groups in total. The van der Waals surface area contributed by atoms with E-state index in [2.05, 4.69) is 10.6 Å². The van der Waals surface area contributed by atoms with Gasteiger partial charge >= 0.3 is 0 Å². The second kappa shape index (κ2) is 11.1. The SMILES string of the molecule is CN[C@@H](C)[C@@H]1CC[C@H](N)[C@@H](O[C@H]2[C@@H](O)[C@H](O[C@H]3OC[C@](C)(O)[C@@H](NC)[C@H]3O)[C@@H](N)C[C@H]2N)O1. The van der Waals surface area contributed by atoms with Crippen molar-refractivity contribution in [3.63, 3.8) is 0 Å². The summed E-state index contributed by atoms with van der Waals surface area (Å²) in [6, 6.07) is -2.11. The molecule has 0 bridgehead atoms. The number of hydrogen-bond donors (Lipinski definition) is 8. The Kier molecular flexibility index (Phi) is 9.09. The zero-order valence-corrected chi connectivity index (χ0v) is 20.0. The fraction of sp³-hybridized carbons (Fsp3) is 1.00. The standard InChI is InChI=1S/C21H43N5O7/c1-9(25-3)13-6-5-10(22)19(31-13)32-16-11(23)7-12(24)17(14(16)27)33-20-15(28)18(26-4)21(2,29)8-30-20/h9-20,25-29H,5-8,22-24H2,1-4H3/t9-,10-,11+,12-,13-,14+,15+,16+,17+,18-,19+,20+,21-/m0/s1. The molecule has 0 aromatic heterocycles. The first-order valence-corrected chi connectivity index (χ1v) is 11.8. The molecule has 1 saturated carbocycles. The zero-order chi connectivity index (χ0) is 24.5. The van der Waals surface area contributed by atoms with Crippen molar-refractivity contribution in [1.29, 1.82) is 0 Å². The lowest BCUT2D eigenvalue weighted by molar-refractivity contribution is -0.307. The number of likely N-dealkylation sites (N-methyl/N-ethyl adjacent to an activating group) is 2. The Morgan fingerprint density at radius 2 is 1.58 bits per heavy atom. The molecule has 0 radical (unpaired) electrons. The summed E-state index contributed by atoms with van der Waals surface area (Å²) in [6.45, 7) is 3.52. The van der Waals surface area contributed by atoms with Crippen molar-refractivity contribution in [2.75, 3.05) is 20.7 Å². The van der Waals surface area contributed by atoms with Gasteiger partial charge in [0.2, 0.25) is 0 Å². The van der Waals surface area contributed by atoms with Crippen molar-refractivity contribution in [2.24, 2.45) is 17.2 Å². The summed E-state index contributed by atoms with van der Waals surface area (Å²) in [7, 11) is 3.49. The summed E-state index contributed by atoms with van der Waals surface area (Å²) in [5.74, 6) is 0. The van der Waals surface area contributed by atoms with Gasteiger partial charge in [0, 0.05) is 18.1 Å². The number of aliphatic hydroxyl groups is 3. The van der Waals surface area contributed by atoms with Crippen LogP contribution in [0.1, 0.15) is 33.1 Å². The quantitative estimate of drug-likeness (QED) is 0.182. The molecule has 3 fully saturated rings. The number of nitrogens with two attached hydrogens (primary N) is 3. The van der Waals surface area contributed by atoms with E-state index in [1.165, 1.54) is 0 Å². The summed E-state index contributed by atoms with van der Waals surface area (Å²) in [5.41, 5.74) is 17.5. The van der Waals surface area contributed by atoms with E-state index in [-0.39, 0.29) is 24.8 Å². The molecule has 194 valence electrons. The minimum Gasteiger partial charge on any atom is -0.388 e. The highest BCUT2D eigenvalue weighted by atomic mass is 16.7. The van der Waals surface area contributed by atoms with Crippen molar-refractivity contribution >= 4 is 0 Å². The molecule has 0 unspecified atom stereocenters. The predicted molar refractivity (Wildman–Crippen MR) is 120 cm³/mol. The van der Waals surface area contributed by atoms with Crippen LogP contribution in [0.2, 0.25) is 0 Å². The van der Waals surface area contributed by atoms with Crippen LogP contribution >= 0.6 is 0 Å². The maximum Gasteiger partial charge on any atom is 0.185 e. The molecular weight excluding hydrogens is 434 g/mol. The fourth-order valence-corrected chi connectivity index (χ4v) is 5.04. The Balaban J connectivity index is 1.68. The topological polar surface area (TPSA) is 200 Å². The molecule has 33 heavy (non-hydrogen) atoms. The van der Waals surface area contributed by atoms with E-state index in [9.17, 15) is 15.3 Å². The Bertz CT molecular complexity index is 632.